The molecule has 0 amide bonds. The van der Waals surface area contributed by atoms with E-state index in [4.69, 9.17) is 10.3 Å². The van der Waals surface area contributed by atoms with Gasteiger partial charge in [0.25, 0.3) is 0 Å². The summed E-state index contributed by atoms with van der Waals surface area (Å²) >= 11 is 2.99. The molecule has 5 nitrogen and oxygen atoms in total. The van der Waals surface area contributed by atoms with Crippen LogP contribution in [-0.4, -0.2) is 15.1 Å². The molecule has 108 valence electrons. The molecule has 0 saturated carbocycles. The molecule has 3 rings (SSSR count). The molecule has 0 aliphatic rings. The number of nitrogen functional groups attached to an aromatic ring is 1. The number of thioether (sulfide) groups is 1. The van der Waals surface area contributed by atoms with Crippen molar-refractivity contribution in [3.63, 3.8) is 0 Å². The Kier molecular flexibility index (Phi) is 3.89. The van der Waals surface area contributed by atoms with Crippen molar-refractivity contribution in [2.24, 2.45) is 0 Å². The minimum absolute atomic E-state index is 0.295. The van der Waals surface area contributed by atoms with Gasteiger partial charge in [-0.1, -0.05) is 16.5 Å². The van der Waals surface area contributed by atoms with Gasteiger partial charge >= 0.3 is 0 Å². The van der Waals surface area contributed by atoms with Gasteiger partial charge in [-0.25, -0.2) is 9.37 Å². The number of halogens is 1. The first-order valence-corrected chi connectivity index (χ1v) is 7.86. The van der Waals surface area contributed by atoms with Gasteiger partial charge in [0.05, 0.1) is 15.7 Å². The SMILES string of the molecule is Cc1nc(N)sc1SCc1nc(-c2ccc(F)cc2)no1. The van der Waals surface area contributed by atoms with Crippen molar-refractivity contribution in [2.45, 2.75) is 16.9 Å². The maximum absolute atomic E-state index is 12.9. The lowest BCUT2D eigenvalue weighted by Gasteiger charge is -1.94. The van der Waals surface area contributed by atoms with Crippen LogP contribution < -0.4 is 5.73 Å². The van der Waals surface area contributed by atoms with Crippen LogP contribution in [0.3, 0.4) is 0 Å². The minimum atomic E-state index is -0.295. The van der Waals surface area contributed by atoms with E-state index in [0.29, 0.717) is 22.6 Å². The standard InChI is InChI=1S/C13H11FN4OS2/c1-7-12(21-13(15)16-7)20-6-10-17-11(18-19-10)8-2-4-9(14)5-3-8/h2-5H,6H2,1H3,(H2,15,16). The van der Waals surface area contributed by atoms with Gasteiger partial charge < -0.3 is 10.3 Å². The van der Waals surface area contributed by atoms with Crippen LogP contribution in [0.15, 0.2) is 33.0 Å². The Balaban J connectivity index is 1.70. The predicted molar refractivity (Wildman–Crippen MR) is 80.5 cm³/mol. The van der Waals surface area contributed by atoms with Crippen LogP contribution in [0.5, 0.6) is 0 Å². The average Bonchev–Trinajstić information content (AvgIpc) is 3.04. The van der Waals surface area contributed by atoms with E-state index in [0.717, 1.165) is 15.5 Å². The summed E-state index contributed by atoms with van der Waals surface area (Å²) in [6.45, 7) is 1.91. The van der Waals surface area contributed by atoms with Gasteiger partial charge in [0, 0.05) is 5.56 Å². The number of benzene rings is 1. The van der Waals surface area contributed by atoms with E-state index in [2.05, 4.69) is 15.1 Å². The molecule has 2 aromatic heterocycles. The van der Waals surface area contributed by atoms with E-state index in [9.17, 15) is 4.39 Å². The van der Waals surface area contributed by atoms with Gasteiger partial charge in [-0.05, 0) is 31.2 Å². The molecule has 0 aliphatic heterocycles. The monoisotopic (exact) mass is 322 g/mol. The van der Waals surface area contributed by atoms with Gasteiger partial charge in [-0.2, -0.15) is 4.98 Å². The number of hydrogen-bond donors (Lipinski definition) is 1. The summed E-state index contributed by atoms with van der Waals surface area (Å²) in [6, 6.07) is 5.96. The summed E-state index contributed by atoms with van der Waals surface area (Å²) in [5.41, 5.74) is 7.27. The van der Waals surface area contributed by atoms with Crippen molar-refractivity contribution >= 4 is 28.2 Å². The smallest absolute Gasteiger partial charge is 0.237 e. The second kappa shape index (κ2) is 5.82. The molecule has 0 radical (unpaired) electrons. The number of rotatable bonds is 4. The Labute approximate surface area is 128 Å². The first kappa shape index (κ1) is 14.0. The first-order valence-electron chi connectivity index (χ1n) is 6.06. The second-order valence-corrected chi connectivity index (χ2v) is 6.51. The quantitative estimate of drug-likeness (QED) is 0.741. The van der Waals surface area contributed by atoms with Crippen LogP contribution in [0.1, 0.15) is 11.6 Å². The van der Waals surface area contributed by atoms with Gasteiger partial charge in [0.2, 0.25) is 11.7 Å². The number of aryl methyl sites for hydroxylation is 1. The van der Waals surface area contributed by atoms with Crippen LogP contribution in [0.2, 0.25) is 0 Å². The van der Waals surface area contributed by atoms with Crippen molar-refractivity contribution in [3.05, 3.63) is 41.7 Å². The number of anilines is 1. The van der Waals surface area contributed by atoms with Crippen molar-refractivity contribution in [1.82, 2.24) is 15.1 Å². The van der Waals surface area contributed by atoms with Gasteiger partial charge in [-0.15, -0.1) is 11.8 Å². The molecule has 0 saturated heterocycles. The lowest BCUT2D eigenvalue weighted by Crippen LogP contribution is -1.83. The predicted octanol–water partition coefficient (Wildman–Crippen LogP) is 3.52. The normalized spacial score (nSPS) is 11.0. The molecule has 0 spiro atoms. The molecule has 0 aliphatic carbocycles. The molecule has 2 heterocycles. The summed E-state index contributed by atoms with van der Waals surface area (Å²) in [5.74, 6) is 1.20. The summed E-state index contributed by atoms with van der Waals surface area (Å²) in [5, 5.41) is 4.45. The van der Waals surface area contributed by atoms with Crippen LogP contribution in [0.4, 0.5) is 9.52 Å². The first-order chi connectivity index (χ1) is 10.1. The number of aromatic nitrogens is 3. The third kappa shape index (κ3) is 3.22. The Bertz CT molecular complexity index is 754. The Morgan fingerprint density at radius 2 is 2.05 bits per heavy atom. The number of thiazole rings is 1. The van der Waals surface area contributed by atoms with E-state index in [1.165, 1.54) is 23.5 Å². The Morgan fingerprint density at radius 3 is 2.71 bits per heavy atom. The molecule has 8 heteroatoms. The molecule has 1 aromatic carbocycles. The highest BCUT2D eigenvalue weighted by molar-refractivity contribution is 8.00. The fourth-order valence-electron chi connectivity index (χ4n) is 1.69. The lowest BCUT2D eigenvalue weighted by molar-refractivity contribution is 0.391. The van der Waals surface area contributed by atoms with Crippen molar-refractivity contribution in [2.75, 3.05) is 5.73 Å². The minimum Gasteiger partial charge on any atom is -0.375 e. The molecule has 3 aromatic rings. The summed E-state index contributed by atoms with van der Waals surface area (Å²) in [4.78, 5) is 8.45. The maximum atomic E-state index is 12.9. The Morgan fingerprint density at radius 1 is 1.29 bits per heavy atom. The second-order valence-electron chi connectivity index (χ2n) is 4.23. The van der Waals surface area contributed by atoms with Crippen LogP contribution >= 0.6 is 23.1 Å². The fraction of sp³-hybridized carbons (Fsp3) is 0.154. The highest BCUT2D eigenvalue weighted by Gasteiger charge is 2.11. The van der Waals surface area contributed by atoms with Crippen molar-refractivity contribution in [1.29, 1.82) is 0 Å². The van der Waals surface area contributed by atoms with E-state index in [1.807, 2.05) is 6.92 Å². The molecule has 0 unspecified atom stereocenters. The summed E-state index contributed by atoms with van der Waals surface area (Å²) in [7, 11) is 0. The van der Waals surface area contributed by atoms with Crippen molar-refractivity contribution in [3.8, 4) is 11.4 Å². The molecule has 0 fully saturated rings. The lowest BCUT2D eigenvalue weighted by atomic mass is 10.2. The fourth-order valence-corrected chi connectivity index (χ4v) is 3.55. The number of hydrogen-bond acceptors (Lipinski definition) is 7. The highest BCUT2D eigenvalue weighted by atomic mass is 32.2. The van der Waals surface area contributed by atoms with E-state index < -0.39 is 0 Å². The number of nitrogens with zero attached hydrogens (tertiary/aromatic N) is 3. The largest absolute Gasteiger partial charge is 0.375 e. The zero-order valence-electron chi connectivity index (χ0n) is 11.0. The zero-order valence-corrected chi connectivity index (χ0v) is 12.7. The van der Waals surface area contributed by atoms with Gasteiger partial charge in [0.1, 0.15) is 5.82 Å². The van der Waals surface area contributed by atoms with Crippen LogP contribution in [-0.2, 0) is 5.75 Å². The van der Waals surface area contributed by atoms with Crippen LogP contribution in [0.25, 0.3) is 11.4 Å². The van der Waals surface area contributed by atoms with Gasteiger partial charge in [-0.3, -0.25) is 0 Å². The third-order valence-electron chi connectivity index (χ3n) is 2.67. The zero-order chi connectivity index (χ0) is 14.8. The molecular weight excluding hydrogens is 311 g/mol. The van der Waals surface area contributed by atoms with E-state index >= 15 is 0 Å². The molecule has 0 bridgehead atoms. The van der Waals surface area contributed by atoms with E-state index in [-0.39, 0.29) is 5.82 Å². The number of nitrogens with two attached hydrogens (primary N) is 1. The highest BCUT2D eigenvalue weighted by Crippen LogP contribution is 2.32. The summed E-state index contributed by atoms with van der Waals surface area (Å²) < 4.78 is 19.1. The molecule has 2 N–H and O–H groups in total. The summed E-state index contributed by atoms with van der Waals surface area (Å²) in [6.07, 6.45) is 0. The van der Waals surface area contributed by atoms with Crippen molar-refractivity contribution < 1.29 is 8.91 Å². The maximum Gasteiger partial charge on any atom is 0.237 e. The Hall–Kier alpha value is -1.93. The van der Waals surface area contributed by atoms with Gasteiger partial charge in [0.15, 0.2) is 5.13 Å². The van der Waals surface area contributed by atoms with Crippen LogP contribution in [0, 0.1) is 12.7 Å². The topological polar surface area (TPSA) is 77.8 Å². The third-order valence-corrected chi connectivity index (χ3v) is 5.00. The molecule has 21 heavy (non-hydrogen) atoms. The molecular formula is C13H11FN4OS2. The van der Waals surface area contributed by atoms with E-state index in [1.54, 1.807) is 23.9 Å². The molecule has 0 atom stereocenters. The average molecular weight is 322 g/mol.